The number of ether oxygens (including phenoxy) is 1. The van der Waals surface area contributed by atoms with Crippen LogP contribution >= 0.6 is 0 Å². The van der Waals surface area contributed by atoms with Crippen LogP contribution in [0.4, 0.5) is 0 Å². The number of nitrogens with one attached hydrogen (secondary N) is 1. The van der Waals surface area contributed by atoms with E-state index in [2.05, 4.69) is 32.7 Å². The van der Waals surface area contributed by atoms with Gasteiger partial charge in [-0.2, -0.15) is 0 Å². The molecule has 0 spiro atoms. The Morgan fingerprint density at radius 1 is 0.973 bits per heavy atom. The summed E-state index contributed by atoms with van der Waals surface area (Å²) < 4.78 is 5.24. The molecule has 4 nitrogen and oxygen atoms in total. The molecule has 208 valence electrons. The summed E-state index contributed by atoms with van der Waals surface area (Å²) in [4.78, 5) is 24.9. The molecule has 1 N–H and O–H groups in total. The number of esters is 1. The molecule has 4 heteroatoms. The van der Waals surface area contributed by atoms with Gasteiger partial charge in [0, 0.05) is 18.4 Å². The van der Waals surface area contributed by atoms with Crippen molar-refractivity contribution in [2.45, 2.75) is 123 Å². The van der Waals surface area contributed by atoms with E-state index >= 15 is 0 Å². The van der Waals surface area contributed by atoms with Crippen LogP contribution in [-0.4, -0.2) is 24.5 Å². The van der Waals surface area contributed by atoms with Crippen molar-refractivity contribution in [2.75, 3.05) is 6.61 Å². The highest BCUT2D eigenvalue weighted by atomic mass is 16.5. The summed E-state index contributed by atoms with van der Waals surface area (Å²) in [6.45, 7) is 11.6. The average molecular weight is 512 g/mol. The van der Waals surface area contributed by atoms with Crippen LogP contribution in [0.2, 0.25) is 0 Å². The molecule has 0 aromatic carbocycles. The third-order valence-electron chi connectivity index (χ3n) is 12.7. The van der Waals surface area contributed by atoms with E-state index in [-0.39, 0.29) is 11.9 Å². The lowest BCUT2D eigenvalue weighted by atomic mass is 9.44. The molecule has 0 saturated heterocycles. The van der Waals surface area contributed by atoms with E-state index in [1.807, 2.05) is 0 Å². The molecule has 5 rings (SSSR count). The van der Waals surface area contributed by atoms with E-state index in [1.165, 1.54) is 70.6 Å². The van der Waals surface area contributed by atoms with Crippen molar-refractivity contribution < 1.29 is 14.3 Å². The average Bonchev–Trinajstić information content (AvgIpc) is 3.54. The number of rotatable bonds is 8. The fraction of sp³-hybridized carbons (Fsp3) is 0.879. The highest BCUT2D eigenvalue weighted by molar-refractivity contribution is 5.79. The quantitative estimate of drug-likeness (QED) is 0.272. The number of amides is 1. The van der Waals surface area contributed by atoms with Crippen molar-refractivity contribution in [2.24, 2.45) is 52.3 Å². The van der Waals surface area contributed by atoms with Crippen LogP contribution < -0.4 is 5.32 Å². The molecule has 5 aliphatic carbocycles. The second-order valence-electron chi connectivity index (χ2n) is 14.3. The summed E-state index contributed by atoms with van der Waals surface area (Å²) >= 11 is 0. The number of carbonyl (C=O) groups excluding carboxylic acids is 2. The van der Waals surface area contributed by atoms with E-state index < -0.39 is 0 Å². The second-order valence-corrected chi connectivity index (χ2v) is 14.3. The number of hydrogen-bond acceptors (Lipinski definition) is 3. The molecule has 5 fully saturated rings. The Kier molecular flexibility index (Phi) is 8.14. The Morgan fingerprint density at radius 2 is 1.70 bits per heavy atom. The minimum atomic E-state index is -0.0727. The lowest BCUT2D eigenvalue weighted by Gasteiger charge is -2.61. The molecule has 0 aromatic heterocycles. The van der Waals surface area contributed by atoms with Crippen LogP contribution in [0, 0.1) is 52.3 Å². The van der Waals surface area contributed by atoms with Crippen molar-refractivity contribution in [3.8, 4) is 0 Å². The fourth-order valence-corrected chi connectivity index (χ4v) is 10.6. The SMILES string of the molecule is C=CCOC(=O)CC[C@@H](C)C1CCC2C3CC[C@@H]4C[C@H](NC(=O)C5CCCC5)CC[C@]4(C)C3CC[C@@]21C. The standard InChI is InChI=1S/C33H53NO3/c1-5-20-37-30(35)15-10-22(2)27-13-14-28-26-12-11-24-21-25(34-31(36)23-8-6-7-9-23)16-18-32(24,3)29(26)17-19-33(27,28)4/h5,22-29H,1,6-21H2,2-4H3,(H,34,36)/t22-,24-,25-,26?,27?,28?,29?,32+,33-/m1/s1. The second kappa shape index (κ2) is 11.0. The predicted molar refractivity (Wildman–Crippen MR) is 149 cm³/mol. The number of hydrogen-bond donors (Lipinski definition) is 1. The van der Waals surface area contributed by atoms with Gasteiger partial charge in [-0.3, -0.25) is 9.59 Å². The van der Waals surface area contributed by atoms with E-state index in [0.29, 0.717) is 41.7 Å². The Hall–Kier alpha value is -1.32. The van der Waals surface area contributed by atoms with Crippen LogP contribution in [0.1, 0.15) is 117 Å². The van der Waals surface area contributed by atoms with Gasteiger partial charge in [-0.25, -0.2) is 0 Å². The first-order valence-electron chi connectivity index (χ1n) is 15.8. The monoisotopic (exact) mass is 511 g/mol. The van der Waals surface area contributed by atoms with Gasteiger partial charge in [0.15, 0.2) is 0 Å². The summed E-state index contributed by atoms with van der Waals surface area (Å²) in [5.74, 6) is 5.24. The third kappa shape index (κ3) is 5.17. The molecular formula is C33H53NO3. The topological polar surface area (TPSA) is 55.4 Å². The molecule has 37 heavy (non-hydrogen) atoms. The summed E-state index contributed by atoms with van der Waals surface area (Å²) in [7, 11) is 0. The Bertz CT molecular complexity index is 849. The highest BCUT2D eigenvalue weighted by Crippen LogP contribution is 2.68. The summed E-state index contributed by atoms with van der Waals surface area (Å²) in [5.41, 5.74) is 0.888. The van der Waals surface area contributed by atoms with Crippen LogP contribution in [0.25, 0.3) is 0 Å². The van der Waals surface area contributed by atoms with Crippen molar-refractivity contribution in [1.29, 1.82) is 0 Å². The van der Waals surface area contributed by atoms with Gasteiger partial charge in [-0.1, -0.05) is 46.3 Å². The molecule has 5 aliphatic rings. The maximum atomic E-state index is 12.8. The van der Waals surface area contributed by atoms with E-state index in [0.717, 1.165) is 48.9 Å². The Labute approximate surface area is 226 Å². The van der Waals surface area contributed by atoms with Gasteiger partial charge in [-0.15, -0.1) is 0 Å². The molecule has 0 bridgehead atoms. The highest BCUT2D eigenvalue weighted by Gasteiger charge is 2.60. The van der Waals surface area contributed by atoms with Crippen molar-refractivity contribution in [3.05, 3.63) is 12.7 Å². The lowest BCUT2D eigenvalue weighted by molar-refractivity contribution is -0.143. The third-order valence-corrected chi connectivity index (χ3v) is 12.7. The van der Waals surface area contributed by atoms with Gasteiger partial charge >= 0.3 is 5.97 Å². The fourth-order valence-electron chi connectivity index (χ4n) is 10.6. The number of carbonyl (C=O) groups is 2. The Balaban J connectivity index is 1.19. The molecule has 0 aromatic rings. The smallest absolute Gasteiger partial charge is 0.306 e. The number of fused-ring (bicyclic) bond motifs is 5. The first-order chi connectivity index (χ1) is 17.8. The zero-order chi connectivity index (χ0) is 26.2. The van der Waals surface area contributed by atoms with Crippen LogP contribution in [0.15, 0.2) is 12.7 Å². The Morgan fingerprint density at radius 3 is 2.46 bits per heavy atom. The molecule has 9 atom stereocenters. The van der Waals surface area contributed by atoms with Gasteiger partial charge in [0.2, 0.25) is 5.91 Å². The molecule has 1 amide bonds. The molecule has 0 aliphatic heterocycles. The van der Waals surface area contributed by atoms with Crippen molar-refractivity contribution >= 4 is 11.9 Å². The van der Waals surface area contributed by atoms with E-state index in [9.17, 15) is 9.59 Å². The minimum absolute atomic E-state index is 0.0727. The van der Waals surface area contributed by atoms with Crippen molar-refractivity contribution in [1.82, 2.24) is 5.32 Å². The van der Waals surface area contributed by atoms with Gasteiger partial charge < -0.3 is 10.1 Å². The lowest BCUT2D eigenvalue weighted by Crippen LogP contribution is -2.55. The van der Waals surface area contributed by atoms with Crippen molar-refractivity contribution in [3.63, 3.8) is 0 Å². The van der Waals surface area contributed by atoms with Crippen LogP contribution in [0.5, 0.6) is 0 Å². The first-order valence-corrected chi connectivity index (χ1v) is 15.8. The molecular weight excluding hydrogens is 458 g/mol. The van der Waals surface area contributed by atoms with E-state index in [1.54, 1.807) is 6.08 Å². The summed E-state index contributed by atoms with van der Waals surface area (Å²) in [6.07, 6.45) is 19.7. The molecule has 0 heterocycles. The van der Waals surface area contributed by atoms with Crippen LogP contribution in [-0.2, 0) is 14.3 Å². The minimum Gasteiger partial charge on any atom is -0.461 e. The van der Waals surface area contributed by atoms with Gasteiger partial charge in [0.05, 0.1) is 0 Å². The zero-order valence-electron chi connectivity index (χ0n) is 23.9. The molecule has 0 radical (unpaired) electrons. The molecule has 5 saturated carbocycles. The summed E-state index contributed by atoms with van der Waals surface area (Å²) in [6, 6.07) is 0.409. The predicted octanol–water partition coefficient (Wildman–Crippen LogP) is 7.47. The largest absolute Gasteiger partial charge is 0.461 e. The van der Waals surface area contributed by atoms with Gasteiger partial charge in [0.1, 0.15) is 6.61 Å². The maximum Gasteiger partial charge on any atom is 0.306 e. The zero-order valence-corrected chi connectivity index (χ0v) is 23.9. The van der Waals surface area contributed by atoms with E-state index in [4.69, 9.17) is 4.74 Å². The first kappa shape index (κ1) is 27.3. The normalized spacial score (nSPS) is 42.2. The van der Waals surface area contributed by atoms with Gasteiger partial charge in [0.25, 0.3) is 0 Å². The maximum absolute atomic E-state index is 12.8. The van der Waals surface area contributed by atoms with Crippen LogP contribution in [0.3, 0.4) is 0 Å². The molecule has 4 unspecified atom stereocenters. The van der Waals surface area contributed by atoms with Gasteiger partial charge in [-0.05, 0) is 123 Å². The summed E-state index contributed by atoms with van der Waals surface area (Å²) in [5, 5.41) is 3.50.